The van der Waals surface area contributed by atoms with Gasteiger partial charge in [0.2, 0.25) is 5.91 Å². The summed E-state index contributed by atoms with van der Waals surface area (Å²) in [7, 11) is 0. The first-order valence-electron chi connectivity index (χ1n) is 5.89. The van der Waals surface area contributed by atoms with Crippen LogP contribution in [0.2, 0.25) is 0 Å². The van der Waals surface area contributed by atoms with E-state index in [0.29, 0.717) is 11.3 Å². The lowest BCUT2D eigenvalue weighted by molar-refractivity contribution is 0.100. The van der Waals surface area contributed by atoms with Crippen LogP contribution >= 0.6 is 0 Å². The van der Waals surface area contributed by atoms with Crippen molar-refractivity contribution in [2.24, 2.45) is 5.73 Å². The van der Waals surface area contributed by atoms with Gasteiger partial charge in [-0.1, -0.05) is 0 Å². The smallest absolute Gasteiger partial charge is 0.248 e. The molecule has 1 saturated heterocycles. The highest BCUT2D eigenvalue weighted by atomic mass is 16.1. The van der Waals surface area contributed by atoms with Gasteiger partial charge in [-0.3, -0.25) is 4.79 Å². The number of carbonyl (C=O) groups excluding carboxylic acids is 1. The molecule has 1 amide bonds. The van der Waals surface area contributed by atoms with Gasteiger partial charge in [0.15, 0.2) is 0 Å². The lowest BCUT2D eigenvalue weighted by Gasteiger charge is -2.34. The Bertz CT molecular complexity index is 454. The van der Waals surface area contributed by atoms with E-state index < -0.39 is 5.91 Å². The van der Waals surface area contributed by atoms with E-state index in [1.807, 2.05) is 0 Å². The lowest BCUT2D eigenvalue weighted by Crippen LogP contribution is -2.38. The fourth-order valence-electron chi connectivity index (χ4n) is 2.48. The van der Waals surface area contributed by atoms with Gasteiger partial charge >= 0.3 is 0 Å². The molecule has 1 aromatic carbocycles. The molecular formula is C13H19N3O. The number of hydrogen-bond acceptors (Lipinski definition) is 3. The molecule has 0 aliphatic carbocycles. The second kappa shape index (κ2) is 3.95. The molecule has 0 saturated carbocycles. The van der Waals surface area contributed by atoms with Gasteiger partial charge in [-0.25, -0.2) is 0 Å². The Morgan fingerprint density at radius 1 is 1.41 bits per heavy atom. The van der Waals surface area contributed by atoms with E-state index in [9.17, 15) is 4.79 Å². The standard InChI is InChI=1S/C13H19N3O/c1-13(2)6-3-7-16(13)11-8-9(12(15)17)4-5-10(11)14/h4-5,8H,3,6-7,14H2,1-2H3,(H2,15,17). The van der Waals surface area contributed by atoms with Crippen molar-refractivity contribution in [3.8, 4) is 0 Å². The van der Waals surface area contributed by atoms with Crippen LogP contribution in [-0.2, 0) is 0 Å². The van der Waals surface area contributed by atoms with Crippen molar-refractivity contribution in [3.05, 3.63) is 23.8 Å². The lowest BCUT2D eigenvalue weighted by atomic mass is 10.0. The molecule has 1 aromatic rings. The zero-order valence-electron chi connectivity index (χ0n) is 10.4. The minimum atomic E-state index is -0.414. The van der Waals surface area contributed by atoms with Crippen LogP contribution in [0.3, 0.4) is 0 Å². The normalized spacial score (nSPS) is 18.4. The number of rotatable bonds is 2. The molecule has 1 heterocycles. The van der Waals surface area contributed by atoms with E-state index in [1.54, 1.807) is 18.2 Å². The summed E-state index contributed by atoms with van der Waals surface area (Å²) in [6.45, 7) is 5.35. The summed E-state index contributed by atoms with van der Waals surface area (Å²) >= 11 is 0. The van der Waals surface area contributed by atoms with Gasteiger partial charge in [-0.15, -0.1) is 0 Å². The van der Waals surface area contributed by atoms with E-state index in [4.69, 9.17) is 11.5 Å². The summed E-state index contributed by atoms with van der Waals surface area (Å²) in [4.78, 5) is 13.5. The summed E-state index contributed by atoms with van der Waals surface area (Å²) in [5, 5.41) is 0. The maximum Gasteiger partial charge on any atom is 0.248 e. The van der Waals surface area contributed by atoms with Gasteiger partial charge in [0, 0.05) is 17.6 Å². The van der Waals surface area contributed by atoms with Crippen molar-refractivity contribution in [2.45, 2.75) is 32.2 Å². The van der Waals surface area contributed by atoms with Gasteiger partial charge in [0.05, 0.1) is 11.4 Å². The van der Waals surface area contributed by atoms with Crippen LogP contribution in [0.1, 0.15) is 37.0 Å². The first kappa shape index (κ1) is 11.8. The molecule has 92 valence electrons. The number of primary amides is 1. The van der Waals surface area contributed by atoms with Gasteiger partial charge < -0.3 is 16.4 Å². The minimum Gasteiger partial charge on any atom is -0.397 e. The van der Waals surface area contributed by atoms with E-state index in [0.717, 1.165) is 25.1 Å². The van der Waals surface area contributed by atoms with Crippen molar-refractivity contribution in [1.82, 2.24) is 0 Å². The highest BCUT2D eigenvalue weighted by Gasteiger charge is 2.33. The van der Waals surface area contributed by atoms with Gasteiger partial charge in [0.1, 0.15) is 0 Å². The van der Waals surface area contributed by atoms with Crippen molar-refractivity contribution >= 4 is 17.3 Å². The number of benzene rings is 1. The molecule has 4 heteroatoms. The fraction of sp³-hybridized carbons (Fsp3) is 0.462. The zero-order valence-corrected chi connectivity index (χ0v) is 10.4. The monoisotopic (exact) mass is 233 g/mol. The minimum absolute atomic E-state index is 0.0877. The number of nitrogens with two attached hydrogens (primary N) is 2. The third-order valence-electron chi connectivity index (χ3n) is 3.51. The highest BCUT2D eigenvalue weighted by Crippen LogP contribution is 2.37. The number of nitrogen functional groups attached to an aromatic ring is 1. The summed E-state index contributed by atoms with van der Waals surface area (Å²) in [5.41, 5.74) is 13.5. The second-order valence-electron chi connectivity index (χ2n) is 5.21. The van der Waals surface area contributed by atoms with Crippen LogP contribution in [0.5, 0.6) is 0 Å². The van der Waals surface area contributed by atoms with Crippen molar-refractivity contribution in [2.75, 3.05) is 17.2 Å². The molecule has 0 spiro atoms. The summed E-state index contributed by atoms with van der Waals surface area (Å²) in [6.07, 6.45) is 2.28. The highest BCUT2D eigenvalue weighted by molar-refractivity contribution is 5.95. The Labute approximate surface area is 102 Å². The summed E-state index contributed by atoms with van der Waals surface area (Å²) in [6, 6.07) is 5.22. The molecule has 17 heavy (non-hydrogen) atoms. The number of nitrogens with zero attached hydrogens (tertiary/aromatic N) is 1. The molecule has 1 aliphatic heterocycles. The molecule has 0 aromatic heterocycles. The number of anilines is 2. The SMILES string of the molecule is CC1(C)CCCN1c1cc(C(N)=O)ccc1N. The Morgan fingerprint density at radius 2 is 2.12 bits per heavy atom. The molecule has 0 unspecified atom stereocenters. The average molecular weight is 233 g/mol. The van der Waals surface area contributed by atoms with E-state index >= 15 is 0 Å². The Kier molecular flexibility index (Phi) is 2.73. The van der Waals surface area contributed by atoms with Gasteiger partial charge in [0.25, 0.3) is 0 Å². The average Bonchev–Trinajstić information content (AvgIpc) is 2.58. The number of hydrogen-bond donors (Lipinski definition) is 2. The van der Waals surface area contributed by atoms with Crippen LogP contribution in [0.4, 0.5) is 11.4 Å². The van der Waals surface area contributed by atoms with E-state index in [-0.39, 0.29) is 5.54 Å². The van der Waals surface area contributed by atoms with Gasteiger partial charge in [-0.05, 0) is 44.9 Å². The molecule has 2 rings (SSSR count). The first-order valence-corrected chi connectivity index (χ1v) is 5.89. The third-order valence-corrected chi connectivity index (χ3v) is 3.51. The predicted octanol–water partition coefficient (Wildman–Crippen LogP) is 1.75. The molecule has 1 fully saturated rings. The predicted molar refractivity (Wildman–Crippen MR) is 70.0 cm³/mol. The topological polar surface area (TPSA) is 72.3 Å². The summed E-state index contributed by atoms with van der Waals surface area (Å²) < 4.78 is 0. The van der Waals surface area contributed by atoms with Gasteiger partial charge in [-0.2, -0.15) is 0 Å². The third kappa shape index (κ3) is 2.07. The maximum absolute atomic E-state index is 11.2. The van der Waals surface area contributed by atoms with Crippen LogP contribution in [0.15, 0.2) is 18.2 Å². The molecule has 0 atom stereocenters. The van der Waals surface area contributed by atoms with Crippen molar-refractivity contribution in [1.29, 1.82) is 0 Å². The Morgan fingerprint density at radius 3 is 2.65 bits per heavy atom. The second-order valence-corrected chi connectivity index (χ2v) is 5.21. The molecule has 4 N–H and O–H groups in total. The van der Waals surface area contributed by atoms with Crippen LogP contribution < -0.4 is 16.4 Å². The molecular weight excluding hydrogens is 214 g/mol. The van der Waals surface area contributed by atoms with Crippen molar-refractivity contribution in [3.63, 3.8) is 0 Å². The molecule has 4 nitrogen and oxygen atoms in total. The first-order chi connectivity index (χ1) is 7.92. The quantitative estimate of drug-likeness (QED) is 0.764. The van der Waals surface area contributed by atoms with E-state index in [1.165, 1.54) is 0 Å². The maximum atomic E-state index is 11.2. The number of carbonyl (C=O) groups is 1. The fourth-order valence-corrected chi connectivity index (χ4v) is 2.48. The van der Waals surface area contributed by atoms with Crippen LogP contribution in [-0.4, -0.2) is 18.0 Å². The molecule has 1 aliphatic rings. The molecule has 0 bridgehead atoms. The van der Waals surface area contributed by atoms with E-state index in [2.05, 4.69) is 18.7 Å². The zero-order chi connectivity index (χ0) is 12.6. The Hall–Kier alpha value is -1.71. The summed E-state index contributed by atoms with van der Waals surface area (Å²) in [5.74, 6) is -0.414. The van der Waals surface area contributed by atoms with Crippen LogP contribution in [0.25, 0.3) is 0 Å². The van der Waals surface area contributed by atoms with Crippen LogP contribution in [0, 0.1) is 0 Å². The molecule has 0 radical (unpaired) electrons. The Balaban J connectivity index is 2.44. The number of amides is 1. The largest absolute Gasteiger partial charge is 0.397 e. The van der Waals surface area contributed by atoms with Crippen molar-refractivity contribution < 1.29 is 4.79 Å².